The van der Waals surface area contributed by atoms with Crippen LogP contribution in [0, 0.1) is 0 Å². The Bertz CT molecular complexity index is 1870. The molecule has 17 nitrogen and oxygen atoms in total. The standard InChI is InChI=1S/C33H32N8O9S/c1-38(40(15-30(42)43)16-31(44)45)28-8-4-6-22(36-28)24-13-21(20-10-11-27(50-3)26(12-20)34-19-51)14-25(35-24)23-7-5-9-29(37-23)39(2)41(17-32(46)47)18-33(48)49/h4-14H,15-18H2,1-3H3,(H,42,43)(H,44,45)(H,46,47)(H,48,49). The summed E-state index contributed by atoms with van der Waals surface area (Å²) in [4.78, 5) is 64.2. The maximum Gasteiger partial charge on any atom is 0.319 e. The summed E-state index contributed by atoms with van der Waals surface area (Å²) in [7, 11) is 4.48. The second-order valence-corrected chi connectivity index (χ2v) is 10.9. The topological polar surface area (TPSA) is 222 Å². The molecule has 0 aliphatic carbocycles. The molecular formula is C33H32N8O9S. The highest BCUT2D eigenvalue weighted by Crippen LogP contribution is 2.35. The minimum absolute atomic E-state index is 0.240. The molecule has 3 aromatic heterocycles. The lowest BCUT2D eigenvalue weighted by Crippen LogP contribution is -2.46. The van der Waals surface area contributed by atoms with Crippen molar-refractivity contribution in [3.8, 4) is 39.7 Å². The van der Waals surface area contributed by atoms with Crippen LogP contribution in [0.1, 0.15) is 0 Å². The Morgan fingerprint density at radius 1 is 0.667 bits per heavy atom. The highest BCUT2D eigenvalue weighted by Gasteiger charge is 2.22. The van der Waals surface area contributed by atoms with Crippen LogP contribution in [-0.4, -0.2) is 122 Å². The summed E-state index contributed by atoms with van der Waals surface area (Å²) in [5.74, 6) is -3.99. The number of aliphatic carboxylic acids is 4. The number of ether oxygens (including phenoxy) is 1. The second-order valence-electron chi connectivity index (χ2n) is 10.7. The van der Waals surface area contributed by atoms with Crippen LogP contribution in [0.3, 0.4) is 0 Å². The third kappa shape index (κ3) is 9.87. The van der Waals surface area contributed by atoms with Crippen molar-refractivity contribution in [1.29, 1.82) is 0 Å². The van der Waals surface area contributed by atoms with Gasteiger partial charge in [-0.15, -0.1) is 0 Å². The number of pyridine rings is 3. The number of anilines is 2. The van der Waals surface area contributed by atoms with Gasteiger partial charge in [-0.1, -0.05) is 18.2 Å². The van der Waals surface area contributed by atoms with Gasteiger partial charge in [0.2, 0.25) is 0 Å². The number of nitrogens with zero attached hydrogens (tertiary/aromatic N) is 8. The first-order valence-electron chi connectivity index (χ1n) is 14.9. The largest absolute Gasteiger partial charge is 0.494 e. The van der Waals surface area contributed by atoms with E-state index in [-0.39, 0.29) is 11.6 Å². The third-order valence-electron chi connectivity index (χ3n) is 7.28. The molecule has 4 rings (SSSR count). The van der Waals surface area contributed by atoms with E-state index in [1.54, 1.807) is 66.7 Å². The highest BCUT2D eigenvalue weighted by molar-refractivity contribution is 7.78. The van der Waals surface area contributed by atoms with Crippen molar-refractivity contribution in [1.82, 2.24) is 25.0 Å². The van der Waals surface area contributed by atoms with Crippen molar-refractivity contribution in [3.63, 3.8) is 0 Å². The van der Waals surface area contributed by atoms with Gasteiger partial charge in [0, 0.05) is 14.1 Å². The van der Waals surface area contributed by atoms with Crippen molar-refractivity contribution in [2.75, 3.05) is 57.4 Å². The molecular weight excluding hydrogens is 684 g/mol. The molecule has 0 amide bonds. The number of rotatable bonds is 17. The summed E-state index contributed by atoms with van der Waals surface area (Å²) in [5.41, 5.74) is 3.14. The molecule has 51 heavy (non-hydrogen) atoms. The molecule has 4 aromatic rings. The van der Waals surface area contributed by atoms with Crippen molar-refractivity contribution < 1.29 is 44.3 Å². The molecule has 0 saturated carbocycles. The van der Waals surface area contributed by atoms with Gasteiger partial charge in [0.1, 0.15) is 49.3 Å². The molecule has 0 radical (unpaired) electrons. The summed E-state index contributed by atoms with van der Waals surface area (Å²) >= 11 is 4.82. The Kier molecular flexibility index (Phi) is 12.4. The molecule has 1 aromatic carbocycles. The highest BCUT2D eigenvalue weighted by atomic mass is 32.1. The maximum atomic E-state index is 11.5. The second kappa shape index (κ2) is 16.9. The summed E-state index contributed by atoms with van der Waals surface area (Å²) in [6.45, 7) is -2.38. The molecule has 0 atom stereocenters. The normalized spacial score (nSPS) is 10.8. The van der Waals surface area contributed by atoms with Crippen molar-refractivity contribution in [2.24, 2.45) is 4.99 Å². The van der Waals surface area contributed by atoms with E-state index in [0.29, 0.717) is 45.3 Å². The quantitative estimate of drug-likeness (QED) is 0.0699. The van der Waals surface area contributed by atoms with Crippen LogP contribution < -0.4 is 14.8 Å². The molecule has 0 bridgehead atoms. The van der Waals surface area contributed by atoms with E-state index in [1.807, 2.05) is 0 Å². The number of carbonyl (C=O) groups is 4. The Balaban J connectivity index is 1.88. The van der Waals surface area contributed by atoms with Crippen molar-refractivity contribution in [2.45, 2.75) is 0 Å². The maximum absolute atomic E-state index is 11.5. The fourth-order valence-corrected chi connectivity index (χ4v) is 5.01. The van der Waals surface area contributed by atoms with Gasteiger partial charge < -0.3 is 25.2 Å². The Morgan fingerprint density at radius 2 is 1.12 bits per heavy atom. The van der Waals surface area contributed by atoms with Crippen molar-refractivity contribution in [3.05, 3.63) is 66.7 Å². The predicted octanol–water partition coefficient (Wildman–Crippen LogP) is 3.26. The Labute approximate surface area is 296 Å². The first kappa shape index (κ1) is 37.5. The van der Waals surface area contributed by atoms with E-state index in [9.17, 15) is 39.6 Å². The number of aromatic nitrogens is 3. The minimum Gasteiger partial charge on any atom is -0.494 e. The van der Waals surface area contributed by atoms with Gasteiger partial charge in [0.25, 0.3) is 0 Å². The zero-order valence-electron chi connectivity index (χ0n) is 27.5. The lowest BCUT2D eigenvalue weighted by molar-refractivity contribution is -0.144. The van der Waals surface area contributed by atoms with Crippen LogP contribution in [0.4, 0.5) is 17.3 Å². The summed E-state index contributed by atoms with van der Waals surface area (Å²) in [5, 5.41) is 44.7. The smallest absolute Gasteiger partial charge is 0.319 e. The Hall–Kier alpha value is -6.33. The number of aliphatic imine (C=N–C) groups is 1. The number of carboxylic acid groups (broad SMARTS) is 4. The average molecular weight is 717 g/mol. The number of hydrogen-bond acceptors (Lipinski definition) is 14. The number of hydrazine groups is 2. The van der Waals surface area contributed by atoms with E-state index in [4.69, 9.17) is 21.9 Å². The van der Waals surface area contributed by atoms with Crippen LogP contribution in [0.25, 0.3) is 33.9 Å². The predicted molar refractivity (Wildman–Crippen MR) is 188 cm³/mol. The molecule has 3 heterocycles. The number of methoxy groups -OCH3 is 1. The van der Waals surface area contributed by atoms with E-state index in [0.717, 1.165) is 10.0 Å². The third-order valence-corrected chi connectivity index (χ3v) is 7.37. The number of thiocarbonyl (C=S) groups is 1. The number of isothiocyanates is 1. The van der Waals surface area contributed by atoms with E-state index in [1.165, 1.54) is 31.2 Å². The van der Waals surface area contributed by atoms with Crippen LogP contribution >= 0.6 is 12.2 Å². The van der Waals surface area contributed by atoms with Crippen LogP contribution in [-0.2, 0) is 19.2 Å². The zero-order valence-corrected chi connectivity index (χ0v) is 28.3. The fourth-order valence-electron chi connectivity index (χ4n) is 4.91. The summed E-state index contributed by atoms with van der Waals surface area (Å²) in [6, 6.07) is 18.6. The molecule has 0 unspecified atom stereocenters. The first-order chi connectivity index (χ1) is 24.3. The lowest BCUT2D eigenvalue weighted by Gasteiger charge is -2.30. The lowest BCUT2D eigenvalue weighted by atomic mass is 10.0. The van der Waals surface area contributed by atoms with Gasteiger partial charge in [-0.05, 0) is 71.9 Å². The fraction of sp³-hybridized carbons (Fsp3) is 0.212. The molecule has 0 spiro atoms. The van der Waals surface area contributed by atoms with E-state index >= 15 is 0 Å². The van der Waals surface area contributed by atoms with Crippen LogP contribution in [0.5, 0.6) is 5.75 Å². The van der Waals surface area contributed by atoms with Crippen molar-refractivity contribution >= 4 is 58.6 Å². The molecule has 0 saturated heterocycles. The number of hydrogen-bond donors (Lipinski definition) is 4. The summed E-state index contributed by atoms with van der Waals surface area (Å²) in [6.07, 6.45) is 0. The van der Waals surface area contributed by atoms with Crippen LogP contribution in [0.15, 0.2) is 71.7 Å². The monoisotopic (exact) mass is 716 g/mol. The van der Waals surface area contributed by atoms with Gasteiger partial charge in [-0.3, -0.25) is 29.2 Å². The molecule has 0 aliphatic heterocycles. The molecule has 0 fully saturated rings. The molecule has 264 valence electrons. The molecule has 18 heteroatoms. The first-order valence-corrected chi connectivity index (χ1v) is 15.3. The van der Waals surface area contributed by atoms with E-state index in [2.05, 4.69) is 20.1 Å². The molecule has 0 aliphatic rings. The minimum atomic E-state index is -1.23. The average Bonchev–Trinajstić information content (AvgIpc) is 3.09. The van der Waals surface area contributed by atoms with Gasteiger partial charge in [-0.25, -0.2) is 15.0 Å². The van der Waals surface area contributed by atoms with Gasteiger partial charge >= 0.3 is 23.9 Å². The van der Waals surface area contributed by atoms with Gasteiger partial charge in [0.05, 0.1) is 35.0 Å². The van der Waals surface area contributed by atoms with Crippen LogP contribution in [0.2, 0.25) is 0 Å². The molecule has 4 N–H and O–H groups in total. The Morgan fingerprint density at radius 3 is 1.51 bits per heavy atom. The zero-order chi connectivity index (χ0) is 37.2. The van der Waals surface area contributed by atoms with E-state index < -0.39 is 50.1 Å². The van der Waals surface area contributed by atoms with Gasteiger partial charge in [0.15, 0.2) is 0 Å². The number of benzene rings is 1. The summed E-state index contributed by atoms with van der Waals surface area (Å²) < 4.78 is 5.40. The SMILES string of the molecule is COc1ccc(-c2cc(-c3cccc(N(C)N(CC(=O)O)CC(=O)O)n3)nc(-c3cccc(N(C)N(CC(=O)O)CC(=O)O)n3)c2)cc1N=C=S. The number of carboxylic acids is 4. The van der Waals surface area contributed by atoms with Gasteiger partial charge in [-0.2, -0.15) is 15.0 Å².